The number of phenolic OH excluding ortho intramolecular Hbond substituents is 3. The summed E-state index contributed by atoms with van der Waals surface area (Å²) in [5, 5.41) is 27.0. The molecule has 12 heavy (non-hydrogen) atoms. The van der Waals surface area contributed by atoms with E-state index in [0.717, 1.165) is 6.07 Å². The Morgan fingerprint density at radius 1 is 1.25 bits per heavy atom. The Hall–Kier alpha value is -1.33. The molecule has 1 aromatic rings. The van der Waals surface area contributed by atoms with E-state index >= 15 is 0 Å². The van der Waals surface area contributed by atoms with E-state index < -0.39 is 11.5 Å². The maximum atomic E-state index is 9.16. The van der Waals surface area contributed by atoms with Gasteiger partial charge in [-0.15, -0.1) is 0 Å². The van der Waals surface area contributed by atoms with Crippen LogP contribution in [0.15, 0.2) is 6.07 Å². The number of hydrogen-bond acceptors (Lipinski definition) is 5. The Kier molecular flexibility index (Phi) is 2.16. The molecule has 0 atom stereocenters. The summed E-state index contributed by atoms with van der Waals surface area (Å²) in [7, 11) is 0. The maximum Gasteiger partial charge on any atom is 0.166 e. The zero-order valence-corrected chi connectivity index (χ0v) is 6.63. The highest BCUT2D eigenvalue weighted by molar-refractivity contribution is 6.34. The Morgan fingerprint density at radius 2 is 1.83 bits per heavy atom. The number of halogens is 1. The summed E-state index contributed by atoms with van der Waals surface area (Å²) in [4.78, 5) is 0. The van der Waals surface area contributed by atoms with Crippen molar-refractivity contribution in [3.63, 3.8) is 0 Å². The van der Waals surface area contributed by atoms with Crippen LogP contribution in [0.3, 0.4) is 0 Å². The van der Waals surface area contributed by atoms with Gasteiger partial charge in [-0.1, -0.05) is 11.6 Å². The third kappa shape index (κ3) is 1.19. The molecule has 0 spiro atoms. The number of anilines is 1. The summed E-state index contributed by atoms with van der Waals surface area (Å²) in [6.45, 7) is 0. The van der Waals surface area contributed by atoms with Gasteiger partial charge >= 0.3 is 0 Å². The zero-order valence-electron chi connectivity index (χ0n) is 5.87. The van der Waals surface area contributed by atoms with Crippen LogP contribution >= 0.6 is 11.6 Å². The molecule has 0 saturated carbocycles. The number of nitrogens with two attached hydrogens (primary N) is 1. The summed E-state index contributed by atoms with van der Waals surface area (Å²) >= 11 is 5.43. The summed E-state index contributed by atoms with van der Waals surface area (Å²) in [6.07, 6.45) is 0. The van der Waals surface area contributed by atoms with Crippen LogP contribution in [0.5, 0.6) is 17.2 Å². The first-order chi connectivity index (χ1) is 5.57. The Bertz CT molecular complexity index is 316. The van der Waals surface area contributed by atoms with Gasteiger partial charge in [-0.2, -0.15) is 0 Å². The van der Waals surface area contributed by atoms with Crippen LogP contribution in [-0.4, -0.2) is 15.3 Å². The normalized spacial score (nSPS) is 9.83. The maximum absolute atomic E-state index is 9.16. The molecule has 1 aromatic carbocycles. The third-order valence-electron chi connectivity index (χ3n) is 1.34. The molecule has 0 aliphatic heterocycles. The van der Waals surface area contributed by atoms with E-state index in [9.17, 15) is 0 Å². The molecule has 0 heterocycles. The SMILES string of the molecule is NNc1c(O)cc(O)c(Cl)c1O. The molecule has 66 valence electrons. The van der Waals surface area contributed by atoms with Crippen LogP contribution in [-0.2, 0) is 0 Å². The van der Waals surface area contributed by atoms with Gasteiger partial charge in [-0.3, -0.25) is 5.84 Å². The monoisotopic (exact) mass is 190 g/mol. The fourth-order valence-electron chi connectivity index (χ4n) is 0.760. The second-order valence-corrected chi connectivity index (χ2v) is 2.47. The molecule has 1 rings (SSSR count). The van der Waals surface area contributed by atoms with Gasteiger partial charge in [0.05, 0.1) is 0 Å². The molecule has 6 heteroatoms. The van der Waals surface area contributed by atoms with Gasteiger partial charge in [0, 0.05) is 6.07 Å². The molecule has 0 amide bonds. The van der Waals surface area contributed by atoms with Crippen molar-refractivity contribution in [1.82, 2.24) is 0 Å². The lowest BCUT2D eigenvalue weighted by Gasteiger charge is -2.08. The number of benzene rings is 1. The Balaban J connectivity index is 3.40. The first kappa shape index (κ1) is 8.76. The molecule has 0 aliphatic rings. The first-order valence-electron chi connectivity index (χ1n) is 2.98. The van der Waals surface area contributed by atoms with E-state index in [4.69, 9.17) is 32.8 Å². The van der Waals surface area contributed by atoms with E-state index in [1.807, 2.05) is 5.43 Å². The molecule has 0 unspecified atom stereocenters. The van der Waals surface area contributed by atoms with Crippen molar-refractivity contribution >= 4 is 17.3 Å². The second kappa shape index (κ2) is 2.96. The van der Waals surface area contributed by atoms with Gasteiger partial charge in [0.2, 0.25) is 0 Å². The van der Waals surface area contributed by atoms with Crippen molar-refractivity contribution in [2.75, 3.05) is 5.43 Å². The highest BCUT2D eigenvalue weighted by Gasteiger charge is 2.14. The lowest BCUT2D eigenvalue weighted by atomic mass is 10.2. The van der Waals surface area contributed by atoms with Crippen LogP contribution < -0.4 is 11.3 Å². The van der Waals surface area contributed by atoms with Gasteiger partial charge in [0.25, 0.3) is 0 Å². The Labute approximate surface area is 73.0 Å². The quantitative estimate of drug-likeness (QED) is 0.195. The van der Waals surface area contributed by atoms with Crippen LogP contribution in [0.25, 0.3) is 0 Å². The van der Waals surface area contributed by atoms with E-state index in [1.54, 1.807) is 0 Å². The summed E-state index contributed by atoms with van der Waals surface area (Å²) < 4.78 is 0. The van der Waals surface area contributed by atoms with Crippen molar-refractivity contribution in [3.8, 4) is 17.2 Å². The van der Waals surface area contributed by atoms with Crippen molar-refractivity contribution < 1.29 is 15.3 Å². The predicted octanol–water partition coefficient (Wildman–Crippen LogP) is 0.742. The van der Waals surface area contributed by atoms with E-state index in [-0.39, 0.29) is 16.5 Å². The van der Waals surface area contributed by atoms with Gasteiger partial charge in [-0.25, -0.2) is 0 Å². The third-order valence-corrected chi connectivity index (χ3v) is 1.72. The molecular weight excluding hydrogens is 184 g/mol. The van der Waals surface area contributed by atoms with Crippen LogP contribution in [0, 0.1) is 0 Å². The fraction of sp³-hybridized carbons (Fsp3) is 0. The average molecular weight is 191 g/mol. The molecule has 0 bridgehead atoms. The highest BCUT2D eigenvalue weighted by atomic mass is 35.5. The van der Waals surface area contributed by atoms with Gasteiger partial charge in [-0.05, 0) is 0 Å². The topological polar surface area (TPSA) is 98.7 Å². The zero-order chi connectivity index (χ0) is 9.30. The number of aromatic hydroxyl groups is 3. The van der Waals surface area contributed by atoms with Crippen molar-refractivity contribution in [3.05, 3.63) is 11.1 Å². The molecule has 6 N–H and O–H groups in total. The molecule has 0 saturated heterocycles. The van der Waals surface area contributed by atoms with Crippen molar-refractivity contribution in [2.24, 2.45) is 5.84 Å². The molecule has 5 nitrogen and oxygen atoms in total. The number of hydrogen-bond donors (Lipinski definition) is 5. The predicted molar refractivity (Wildman–Crippen MR) is 44.3 cm³/mol. The van der Waals surface area contributed by atoms with Crippen molar-refractivity contribution in [1.29, 1.82) is 0 Å². The summed E-state index contributed by atoms with van der Waals surface area (Å²) in [6, 6.07) is 0.969. The van der Waals surface area contributed by atoms with Crippen LogP contribution in [0.2, 0.25) is 5.02 Å². The minimum absolute atomic E-state index is 0.127. The number of hydrazine groups is 1. The van der Waals surface area contributed by atoms with E-state index in [1.165, 1.54) is 0 Å². The molecular formula is C6H7ClN2O3. The smallest absolute Gasteiger partial charge is 0.166 e. The molecule has 0 radical (unpaired) electrons. The number of phenols is 3. The van der Waals surface area contributed by atoms with E-state index in [0.29, 0.717) is 0 Å². The first-order valence-corrected chi connectivity index (χ1v) is 3.35. The van der Waals surface area contributed by atoms with Gasteiger partial charge < -0.3 is 20.7 Å². The van der Waals surface area contributed by atoms with Crippen LogP contribution in [0.1, 0.15) is 0 Å². The standard InChI is InChI=1S/C6H7ClN2O3/c7-4-2(10)1-3(11)5(9-8)6(4)12/h1,9-12H,8H2. The second-order valence-electron chi connectivity index (χ2n) is 2.10. The molecule has 0 aliphatic carbocycles. The Morgan fingerprint density at radius 3 is 2.33 bits per heavy atom. The number of rotatable bonds is 1. The molecule has 0 aromatic heterocycles. The lowest BCUT2D eigenvalue weighted by Crippen LogP contribution is -2.07. The minimum Gasteiger partial charge on any atom is -0.506 e. The van der Waals surface area contributed by atoms with E-state index in [2.05, 4.69) is 0 Å². The minimum atomic E-state index is -0.489. The number of nitrogens with one attached hydrogen (secondary N) is 1. The van der Waals surface area contributed by atoms with Gasteiger partial charge in [0.15, 0.2) is 5.75 Å². The fourth-order valence-corrected chi connectivity index (χ4v) is 0.909. The lowest BCUT2D eigenvalue weighted by molar-refractivity contribution is 0.431. The highest BCUT2D eigenvalue weighted by Crippen LogP contribution is 2.43. The largest absolute Gasteiger partial charge is 0.506 e. The average Bonchev–Trinajstić information content (AvgIpc) is 2.01. The van der Waals surface area contributed by atoms with Gasteiger partial charge in [0.1, 0.15) is 22.2 Å². The van der Waals surface area contributed by atoms with Crippen molar-refractivity contribution in [2.45, 2.75) is 0 Å². The number of nitrogen functional groups attached to an aromatic ring is 1. The summed E-state index contributed by atoms with van der Waals surface area (Å²) in [5.41, 5.74) is 1.91. The molecule has 0 fully saturated rings. The van der Waals surface area contributed by atoms with Crippen LogP contribution in [0.4, 0.5) is 5.69 Å². The summed E-state index contributed by atoms with van der Waals surface area (Å²) in [5.74, 6) is 3.68.